The van der Waals surface area contributed by atoms with Gasteiger partial charge in [0.05, 0.1) is 0 Å². The van der Waals surface area contributed by atoms with Crippen LogP contribution in [0.3, 0.4) is 0 Å². The molecule has 4 nitrogen and oxygen atoms in total. The lowest BCUT2D eigenvalue weighted by atomic mass is 12.6. The van der Waals surface area contributed by atoms with Crippen molar-refractivity contribution in [2.45, 2.75) is 0 Å². The van der Waals surface area contributed by atoms with E-state index in [0.717, 1.165) is 0 Å². The van der Waals surface area contributed by atoms with Gasteiger partial charge in [0, 0.05) is 0 Å². The first-order valence-electron chi connectivity index (χ1n) is 0.577. The summed E-state index contributed by atoms with van der Waals surface area (Å²) >= 11 is 0. The molecular weight excluding hydrogens is 56.0 g/mol. The Labute approximate surface area is 24.7 Å². The zero-order valence-corrected chi connectivity index (χ0v) is 2.36. The Morgan fingerprint density at radius 3 is 1.25 bits per heavy atom. The van der Waals surface area contributed by atoms with Gasteiger partial charge in [-0.1, -0.05) is 0 Å². The highest BCUT2D eigenvalue weighted by atomic mass is 15.4. The van der Waals surface area contributed by atoms with Crippen LogP contribution in [0.5, 0.6) is 0 Å². The molecular formula is H8N4. The van der Waals surface area contributed by atoms with E-state index in [1.807, 2.05) is 0 Å². The molecule has 8 N–H and O–H groups in total. The maximum atomic E-state index is 4.38. The fourth-order valence-corrected chi connectivity index (χ4v) is 0. The predicted molar refractivity (Wildman–Crippen MR) is 16.5 cm³/mol. The highest BCUT2D eigenvalue weighted by molar-refractivity contribution is 3.63. The smallest absolute Gasteiger partial charge is 0.200 e. The third-order valence-corrected chi connectivity index (χ3v) is 0. The van der Waals surface area contributed by atoms with E-state index < -0.39 is 0 Å². The van der Waals surface area contributed by atoms with Crippen molar-refractivity contribution in [3.05, 3.63) is 0 Å². The molecule has 28 valence electrons. The van der Waals surface area contributed by atoms with Crippen LogP contribution in [0.25, 0.3) is 0 Å². The van der Waals surface area contributed by atoms with Crippen LogP contribution in [-0.4, -0.2) is 0 Å². The Morgan fingerprint density at radius 2 is 1.25 bits per heavy atom. The lowest BCUT2D eigenvalue weighted by molar-refractivity contribution is 0.803. The molecule has 0 rings (SSSR count). The molecule has 0 bridgehead atoms. The molecule has 0 aliphatic heterocycles. The predicted octanol–water partition coefficient (Wildman–Crippen LogP) is -1.51. The van der Waals surface area contributed by atoms with Gasteiger partial charge in [-0.3, -0.25) is 11.7 Å². The summed E-state index contributed by atoms with van der Waals surface area (Å²) in [6, 6.07) is 0. The van der Waals surface area contributed by atoms with Crippen LogP contribution in [0.15, 0.2) is 0 Å². The fourth-order valence-electron chi connectivity index (χ4n) is 0. The van der Waals surface area contributed by atoms with Crippen LogP contribution >= 0.6 is 0 Å². The number of hydrogen-bond donors (Lipinski definition) is 4. The molecule has 0 fully saturated rings. The minimum Gasteiger partial charge on any atom is -0.344 e. The van der Waals surface area contributed by atoms with Gasteiger partial charge < -0.3 is 6.15 Å². The second-order valence-corrected chi connectivity index (χ2v) is 0.167. The molecule has 0 radical (unpaired) electrons. The second-order valence-electron chi connectivity index (χ2n) is 0.167. The molecule has 0 heterocycles. The first-order valence-corrected chi connectivity index (χ1v) is 0.577. The van der Waals surface area contributed by atoms with Gasteiger partial charge in [-0.05, 0) is 0 Å². The van der Waals surface area contributed by atoms with E-state index in [1.54, 1.807) is 5.53 Å². The maximum absolute atomic E-state index is 4.38. The van der Waals surface area contributed by atoms with Crippen LogP contribution in [0, 0.1) is 0 Å². The second kappa shape index (κ2) is 13.6. The highest BCUT2D eigenvalue weighted by Crippen LogP contribution is 0.559. The van der Waals surface area contributed by atoms with Crippen LogP contribution in [-0.2, 0) is 0 Å². The SMILES string of the molecule is N.NNN. The van der Waals surface area contributed by atoms with E-state index in [9.17, 15) is 0 Å². The molecule has 0 aliphatic rings. The molecule has 0 saturated heterocycles. The Balaban J connectivity index is 0. The molecule has 4 heteroatoms. The molecule has 0 aromatic heterocycles. The number of nitrogens with one attached hydrogen (secondary N) is 1. The van der Waals surface area contributed by atoms with E-state index in [1.165, 1.54) is 0 Å². The van der Waals surface area contributed by atoms with E-state index in [0.29, 0.717) is 0 Å². The summed E-state index contributed by atoms with van der Waals surface area (Å²) in [5.74, 6) is 8.75. The van der Waals surface area contributed by atoms with E-state index in [4.69, 9.17) is 0 Å². The molecule has 0 atom stereocenters. The Morgan fingerprint density at radius 1 is 1.25 bits per heavy atom. The fraction of sp³-hybridized carbons (Fsp3) is 0. The number of rotatable bonds is 0. The molecule has 0 spiro atoms. The van der Waals surface area contributed by atoms with Gasteiger partial charge in [0.1, 0.15) is 0 Å². The lowest BCUT2D eigenvalue weighted by Crippen LogP contribution is -2.29. The largest absolute Gasteiger partial charge is 0.344 e. The van der Waals surface area contributed by atoms with Gasteiger partial charge in [0.15, 0.2) is 0 Å². The standard InChI is InChI=1S/H5N3.H3N/c1-3-2;/h3H,1-2H2;1H3. The van der Waals surface area contributed by atoms with E-state index in [2.05, 4.69) is 11.7 Å². The topological polar surface area (TPSA) is 99.1 Å². The van der Waals surface area contributed by atoms with Crippen LogP contribution in [0.1, 0.15) is 0 Å². The first kappa shape index (κ1) is 9.15. The van der Waals surface area contributed by atoms with Crippen LogP contribution in [0.2, 0.25) is 0 Å². The summed E-state index contributed by atoms with van der Waals surface area (Å²) in [6.07, 6.45) is 0. The highest BCUT2D eigenvalue weighted by Gasteiger charge is 1.19. The van der Waals surface area contributed by atoms with Crippen LogP contribution in [0.4, 0.5) is 0 Å². The van der Waals surface area contributed by atoms with Gasteiger partial charge in [0.25, 0.3) is 0 Å². The Kier molecular flexibility index (Phi) is 31.2. The monoisotopic (exact) mass is 64.1 g/mol. The third kappa shape index (κ3) is 50.7. The molecule has 0 aliphatic carbocycles. The number of hydrogen-bond acceptors (Lipinski definition) is 4. The van der Waals surface area contributed by atoms with Crippen molar-refractivity contribution in [1.29, 1.82) is 0 Å². The van der Waals surface area contributed by atoms with Gasteiger partial charge in [-0.15, -0.1) is 0 Å². The maximum Gasteiger partial charge on any atom is -0.200 e. The average Bonchev–Trinajstić information content (AvgIpc) is 0.918. The first-order chi connectivity index (χ1) is 1.41. The summed E-state index contributed by atoms with van der Waals surface area (Å²) in [5, 5.41) is 0. The summed E-state index contributed by atoms with van der Waals surface area (Å²) < 4.78 is 0. The third-order valence-electron chi connectivity index (χ3n) is 0. The zero-order valence-electron chi connectivity index (χ0n) is 2.36. The van der Waals surface area contributed by atoms with Crippen molar-refractivity contribution < 1.29 is 0 Å². The van der Waals surface area contributed by atoms with Gasteiger partial charge in [0.2, 0.25) is 0 Å². The van der Waals surface area contributed by atoms with Crippen molar-refractivity contribution in [3.8, 4) is 0 Å². The minimum absolute atomic E-state index is 0. The number of hydrazine groups is 2. The summed E-state index contributed by atoms with van der Waals surface area (Å²) in [6.45, 7) is 0. The van der Waals surface area contributed by atoms with E-state index >= 15 is 0 Å². The van der Waals surface area contributed by atoms with Crippen molar-refractivity contribution in [2.24, 2.45) is 11.7 Å². The number of nitrogens with two attached hydrogens (primary N) is 2. The van der Waals surface area contributed by atoms with Gasteiger partial charge >= 0.3 is 0 Å². The van der Waals surface area contributed by atoms with E-state index in [-0.39, 0.29) is 6.15 Å². The molecule has 0 unspecified atom stereocenters. The van der Waals surface area contributed by atoms with Crippen molar-refractivity contribution in [2.75, 3.05) is 0 Å². The van der Waals surface area contributed by atoms with Crippen molar-refractivity contribution in [3.63, 3.8) is 0 Å². The quantitative estimate of drug-likeness (QED) is 0.203. The Hall–Kier alpha value is -0.160. The Bertz CT molecular complexity index is 0. The molecule has 0 amide bonds. The van der Waals surface area contributed by atoms with Crippen LogP contribution < -0.4 is 23.4 Å². The summed E-state index contributed by atoms with van der Waals surface area (Å²) in [5.41, 5.74) is 1.75. The molecule has 0 saturated carbocycles. The van der Waals surface area contributed by atoms with Crippen molar-refractivity contribution in [1.82, 2.24) is 11.7 Å². The van der Waals surface area contributed by atoms with Gasteiger partial charge in [-0.2, -0.15) is 5.53 Å². The molecule has 0 aromatic carbocycles. The average molecular weight is 64.1 g/mol. The molecule has 0 aromatic rings. The zero-order chi connectivity index (χ0) is 2.71. The normalized spacial score (nSPS) is 4.50. The van der Waals surface area contributed by atoms with Crippen molar-refractivity contribution >= 4 is 0 Å². The lowest BCUT2D eigenvalue weighted by Gasteiger charge is -1.64. The van der Waals surface area contributed by atoms with Gasteiger partial charge in [-0.25, -0.2) is 0 Å². The molecule has 4 heavy (non-hydrogen) atoms. The minimum atomic E-state index is 0. The summed E-state index contributed by atoms with van der Waals surface area (Å²) in [7, 11) is 0. The summed E-state index contributed by atoms with van der Waals surface area (Å²) in [4.78, 5) is 0.